The third-order valence-electron chi connectivity index (χ3n) is 4.56. The van der Waals surface area contributed by atoms with Gasteiger partial charge in [-0.05, 0) is 12.8 Å². The van der Waals surface area contributed by atoms with Gasteiger partial charge >= 0.3 is 0 Å². The first-order chi connectivity index (χ1) is 9.50. The quantitative estimate of drug-likeness (QED) is 0.642. The number of nitrogens with zero attached hydrogens (tertiary/aromatic N) is 4. The molecule has 0 aromatic heterocycles. The minimum Gasteiger partial charge on any atom is -0.343 e. The predicted octanol–water partition coefficient (Wildman–Crippen LogP) is -1.21. The van der Waals surface area contributed by atoms with E-state index in [1.807, 2.05) is 0 Å². The van der Waals surface area contributed by atoms with Gasteiger partial charge < -0.3 is 4.90 Å². The van der Waals surface area contributed by atoms with Gasteiger partial charge in [-0.3, -0.25) is 9.69 Å². The molecule has 1 atom stereocenters. The molecule has 0 bridgehead atoms. The van der Waals surface area contributed by atoms with Crippen LogP contribution in [0.5, 0.6) is 0 Å². The standard InChI is InChI=1S/C12H22N4O3S/c1-13-6-7-14-8-9-16(10-11(14)12(13)17)20(18,19)15-4-2-3-5-15/h11H,2-10H2,1H3/t11-/m0/s1. The van der Waals surface area contributed by atoms with Gasteiger partial charge in [-0.15, -0.1) is 0 Å². The highest BCUT2D eigenvalue weighted by Gasteiger charge is 2.42. The Bertz CT molecular complexity index is 489. The van der Waals surface area contributed by atoms with Crippen molar-refractivity contribution in [3.05, 3.63) is 0 Å². The van der Waals surface area contributed by atoms with E-state index in [1.165, 1.54) is 4.31 Å². The summed E-state index contributed by atoms with van der Waals surface area (Å²) in [4.78, 5) is 16.0. The smallest absolute Gasteiger partial charge is 0.282 e. The number of piperazine rings is 2. The van der Waals surface area contributed by atoms with E-state index in [2.05, 4.69) is 4.90 Å². The van der Waals surface area contributed by atoms with Crippen molar-refractivity contribution >= 4 is 16.1 Å². The van der Waals surface area contributed by atoms with Crippen molar-refractivity contribution in [3.63, 3.8) is 0 Å². The van der Waals surface area contributed by atoms with Gasteiger partial charge in [-0.25, -0.2) is 0 Å². The lowest BCUT2D eigenvalue weighted by Gasteiger charge is -2.45. The lowest BCUT2D eigenvalue weighted by molar-refractivity contribution is -0.142. The summed E-state index contributed by atoms with van der Waals surface area (Å²) < 4.78 is 28.2. The monoisotopic (exact) mass is 302 g/mol. The summed E-state index contributed by atoms with van der Waals surface area (Å²) in [7, 11) is -1.60. The van der Waals surface area contributed by atoms with Crippen molar-refractivity contribution in [1.82, 2.24) is 18.4 Å². The van der Waals surface area contributed by atoms with Crippen molar-refractivity contribution in [1.29, 1.82) is 0 Å². The first kappa shape index (κ1) is 14.2. The summed E-state index contributed by atoms with van der Waals surface area (Å²) in [5.41, 5.74) is 0. The van der Waals surface area contributed by atoms with Crippen LogP contribution >= 0.6 is 0 Å². The van der Waals surface area contributed by atoms with Crippen molar-refractivity contribution in [2.24, 2.45) is 0 Å². The minimum atomic E-state index is -3.38. The van der Waals surface area contributed by atoms with Crippen LogP contribution in [0.4, 0.5) is 0 Å². The van der Waals surface area contributed by atoms with E-state index in [9.17, 15) is 13.2 Å². The highest BCUT2D eigenvalue weighted by molar-refractivity contribution is 7.86. The maximum Gasteiger partial charge on any atom is 0.282 e. The lowest BCUT2D eigenvalue weighted by atomic mass is 10.1. The molecule has 0 radical (unpaired) electrons. The number of fused-ring (bicyclic) bond motifs is 1. The minimum absolute atomic E-state index is 0.0394. The van der Waals surface area contributed by atoms with E-state index in [0.717, 1.165) is 25.9 Å². The van der Waals surface area contributed by atoms with E-state index < -0.39 is 10.2 Å². The van der Waals surface area contributed by atoms with Gasteiger partial charge in [0.25, 0.3) is 10.2 Å². The van der Waals surface area contributed by atoms with E-state index >= 15 is 0 Å². The van der Waals surface area contributed by atoms with E-state index in [0.29, 0.717) is 32.7 Å². The Morgan fingerprint density at radius 1 is 0.950 bits per heavy atom. The molecule has 8 heteroatoms. The summed E-state index contributed by atoms with van der Waals surface area (Å²) in [6, 6.07) is -0.306. The molecular weight excluding hydrogens is 280 g/mol. The molecule has 7 nitrogen and oxygen atoms in total. The molecule has 3 heterocycles. The Kier molecular flexibility index (Phi) is 3.74. The van der Waals surface area contributed by atoms with Gasteiger partial charge in [-0.2, -0.15) is 17.0 Å². The molecule has 0 saturated carbocycles. The van der Waals surface area contributed by atoms with E-state index in [1.54, 1.807) is 16.3 Å². The summed E-state index contributed by atoms with van der Waals surface area (Å²) in [5, 5.41) is 0. The molecule has 3 saturated heterocycles. The number of carbonyl (C=O) groups excluding carboxylic acids is 1. The van der Waals surface area contributed by atoms with Crippen LogP contribution in [0, 0.1) is 0 Å². The molecule has 3 rings (SSSR count). The number of hydrogen-bond acceptors (Lipinski definition) is 4. The Morgan fingerprint density at radius 3 is 2.30 bits per heavy atom. The average molecular weight is 302 g/mol. The van der Waals surface area contributed by atoms with Crippen molar-refractivity contribution in [2.45, 2.75) is 18.9 Å². The Balaban J connectivity index is 1.75. The Hall–Kier alpha value is -0.700. The number of carbonyl (C=O) groups is 1. The normalized spacial score (nSPS) is 30.8. The Morgan fingerprint density at radius 2 is 1.60 bits per heavy atom. The van der Waals surface area contributed by atoms with Crippen molar-refractivity contribution in [2.75, 3.05) is 52.9 Å². The summed E-state index contributed by atoms with van der Waals surface area (Å²) in [6.07, 6.45) is 1.87. The molecule has 114 valence electrons. The second-order valence-electron chi connectivity index (χ2n) is 5.78. The number of rotatable bonds is 2. The SMILES string of the molecule is CN1CCN2CCN(S(=O)(=O)N3CCCC3)C[C@H]2C1=O. The molecule has 0 aliphatic carbocycles. The predicted molar refractivity (Wildman–Crippen MR) is 74.3 cm³/mol. The fraction of sp³-hybridized carbons (Fsp3) is 0.917. The van der Waals surface area contributed by atoms with Gasteiger partial charge in [0.15, 0.2) is 0 Å². The van der Waals surface area contributed by atoms with Gasteiger partial charge in [0.2, 0.25) is 5.91 Å². The molecular formula is C12H22N4O3S. The van der Waals surface area contributed by atoms with E-state index in [-0.39, 0.29) is 11.9 Å². The van der Waals surface area contributed by atoms with Crippen LogP contribution in [-0.2, 0) is 15.0 Å². The molecule has 0 aromatic rings. The average Bonchev–Trinajstić information content (AvgIpc) is 2.97. The Labute approximate surface area is 120 Å². The van der Waals surface area contributed by atoms with Crippen LogP contribution in [0.25, 0.3) is 0 Å². The first-order valence-corrected chi connectivity index (χ1v) is 8.64. The fourth-order valence-electron chi connectivity index (χ4n) is 3.23. The van der Waals surface area contributed by atoms with Crippen LogP contribution in [0.2, 0.25) is 0 Å². The summed E-state index contributed by atoms with van der Waals surface area (Å²) in [6.45, 7) is 4.23. The molecule has 0 N–H and O–H groups in total. The summed E-state index contributed by atoms with van der Waals surface area (Å²) in [5.74, 6) is 0.0394. The van der Waals surface area contributed by atoms with Gasteiger partial charge in [-0.1, -0.05) is 0 Å². The fourth-order valence-corrected chi connectivity index (χ4v) is 4.92. The van der Waals surface area contributed by atoms with Crippen LogP contribution in [0.3, 0.4) is 0 Å². The van der Waals surface area contributed by atoms with Crippen LogP contribution in [-0.4, -0.2) is 91.6 Å². The molecule has 0 unspecified atom stereocenters. The highest BCUT2D eigenvalue weighted by atomic mass is 32.2. The molecule has 20 heavy (non-hydrogen) atoms. The molecule has 1 amide bonds. The molecule has 0 spiro atoms. The van der Waals surface area contributed by atoms with Crippen molar-refractivity contribution < 1.29 is 13.2 Å². The summed E-state index contributed by atoms with van der Waals surface area (Å²) >= 11 is 0. The van der Waals surface area contributed by atoms with Gasteiger partial charge in [0.1, 0.15) is 6.04 Å². The number of likely N-dealkylation sites (N-methyl/N-ethyl adjacent to an activating group) is 1. The first-order valence-electron chi connectivity index (χ1n) is 7.24. The largest absolute Gasteiger partial charge is 0.343 e. The second-order valence-corrected chi connectivity index (χ2v) is 7.71. The molecule has 3 fully saturated rings. The van der Waals surface area contributed by atoms with Gasteiger partial charge in [0, 0.05) is 52.9 Å². The third-order valence-corrected chi connectivity index (χ3v) is 6.56. The maximum atomic E-state index is 12.6. The molecule has 3 aliphatic heterocycles. The lowest BCUT2D eigenvalue weighted by Crippen LogP contribution is -2.65. The van der Waals surface area contributed by atoms with Crippen molar-refractivity contribution in [3.8, 4) is 0 Å². The van der Waals surface area contributed by atoms with Crippen LogP contribution in [0.1, 0.15) is 12.8 Å². The second kappa shape index (κ2) is 5.25. The zero-order valence-corrected chi connectivity index (χ0v) is 12.7. The number of hydrogen-bond donors (Lipinski definition) is 0. The van der Waals surface area contributed by atoms with Gasteiger partial charge in [0.05, 0.1) is 0 Å². The molecule has 0 aromatic carbocycles. The molecule has 3 aliphatic rings. The van der Waals surface area contributed by atoms with E-state index in [4.69, 9.17) is 0 Å². The zero-order valence-electron chi connectivity index (χ0n) is 11.9. The zero-order chi connectivity index (χ0) is 14.3. The maximum absolute atomic E-state index is 12.6. The van der Waals surface area contributed by atoms with Crippen LogP contribution < -0.4 is 0 Å². The van der Waals surface area contributed by atoms with Crippen LogP contribution in [0.15, 0.2) is 0 Å². The topological polar surface area (TPSA) is 64.2 Å². The third kappa shape index (κ3) is 2.34. The highest BCUT2D eigenvalue weighted by Crippen LogP contribution is 2.22. The number of amides is 1.